The molecule has 0 spiro atoms. The van der Waals surface area contributed by atoms with Crippen molar-refractivity contribution in [2.75, 3.05) is 13.6 Å². The van der Waals surface area contributed by atoms with E-state index in [0.717, 1.165) is 0 Å². The molecule has 1 rings (SSSR count). The number of halogens is 3. The maximum absolute atomic E-state index is 12.0. The maximum atomic E-state index is 12.0. The Labute approximate surface area is 108 Å². The van der Waals surface area contributed by atoms with E-state index in [9.17, 15) is 18.0 Å². The van der Waals surface area contributed by atoms with Crippen molar-refractivity contribution in [3.63, 3.8) is 0 Å². The van der Waals surface area contributed by atoms with Gasteiger partial charge in [-0.15, -0.1) is 0 Å². The van der Waals surface area contributed by atoms with Crippen molar-refractivity contribution in [3.8, 4) is 0 Å². The summed E-state index contributed by atoms with van der Waals surface area (Å²) >= 11 is 0. The highest BCUT2D eigenvalue weighted by molar-refractivity contribution is 5.81. The SMILES string of the molecule is CC(C(=O)NCC(F)(F)F)N(C)Cc1cnccn1. The molecule has 0 bridgehead atoms. The number of carbonyl (C=O) groups is 1. The first kappa shape index (κ1) is 15.4. The Morgan fingerprint density at radius 2 is 2.16 bits per heavy atom. The van der Waals surface area contributed by atoms with Gasteiger partial charge in [0.1, 0.15) is 6.54 Å². The number of nitrogens with zero attached hydrogens (tertiary/aromatic N) is 3. The van der Waals surface area contributed by atoms with Crippen LogP contribution in [0.5, 0.6) is 0 Å². The third-order valence-electron chi connectivity index (χ3n) is 2.53. The lowest BCUT2D eigenvalue weighted by Gasteiger charge is -2.23. The molecule has 1 amide bonds. The molecule has 1 aromatic heterocycles. The Morgan fingerprint density at radius 3 is 2.68 bits per heavy atom. The number of nitrogens with one attached hydrogen (secondary N) is 1. The molecular weight excluding hydrogens is 261 g/mol. The summed E-state index contributed by atoms with van der Waals surface area (Å²) in [6.07, 6.45) is 0.163. The predicted octanol–water partition coefficient (Wildman–Crippen LogP) is 0.975. The summed E-state index contributed by atoms with van der Waals surface area (Å²) in [6.45, 7) is 0.533. The van der Waals surface area contributed by atoms with E-state index in [1.54, 1.807) is 11.9 Å². The van der Waals surface area contributed by atoms with Gasteiger partial charge in [-0.3, -0.25) is 19.7 Å². The van der Waals surface area contributed by atoms with Crippen LogP contribution < -0.4 is 5.32 Å². The van der Waals surface area contributed by atoms with E-state index in [-0.39, 0.29) is 0 Å². The van der Waals surface area contributed by atoms with Crippen LogP contribution in [-0.4, -0.2) is 46.6 Å². The van der Waals surface area contributed by atoms with Gasteiger partial charge in [0, 0.05) is 25.1 Å². The molecule has 0 aliphatic heterocycles. The van der Waals surface area contributed by atoms with Gasteiger partial charge >= 0.3 is 6.18 Å². The zero-order chi connectivity index (χ0) is 14.5. The fourth-order valence-corrected chi connectivity index (χ4v) is 1.34. The van der Waals surface area contributed by atoms with Gasteiger partial charge in [0.15, 0.2) is 0 Å². The molecule has 1 N–H and O–H groups in total. The monoisotopic (exact) mass is 276 g/mol. The third-order valence-corrected chi connectivity index (χ3v) is 2.53. The minimum absolute atomic E-state index is 0.328. The average Bonchev–Trinajstić information content (AvgIpc) is 2.35. The van der Waals surface area contributed by atoms with Crippen LogP contribution in [0, 0.1) is 0 Å². The summed E-state index contributed by atoms with van der Waals surface area (Å²) in [7, 11) is 1.63. The molecular formula is C11H15F3N4O. The highest BCUT2D eigenvalue weighted by atomic mass is 19.4. The van der Waals surface area contributed by atoms with Crippen molar-refractivity contribution >= 4 is 5.91 Å². The number of amides is 1. The quantitative estimate of drug-likeness (QED) is 0.871. The first-order valence-corrected chi connectivity index (χ1v) is 5.59. The smallest absolute Gasteiger partial charge is 0.346 e. The van der Waals surface area contributed by atoms with E-state index in [1.807, 2.05) is 5.32 Å². The molecule has 1 atom stereocenters. The van der Waals surface area contributed by atoms with Crippen LogP contribution >= 0.6 is 0 Å². The fraction of sp³-hybridized carbons (Fsp3) is 0.545. The summed E-state index contributed by atoms with van der Waals surface area (Å²) in [5.74, 6) is -0.677. The molecule has 0 saturated carbocycles. The number of hydrogen-bond donors (Lipinski definition) is 1. The van der Waals surface area contributed by atoms with Crippen LogP contribution in [0.15, 0.2) is 18.6 Å². The lowest BCUT2D eigenvalue weighted by atomic mass is 10.2. The van der Waals surface area contributed by atoms with E-state index >= 15 is 0 Å². The molecule has 0 saturated heterocycles. The highest BCUT2D eigenvalue weighted by Crippen LogP contribution is 2.12. The molecule has 19 heavy (non-hydrogen) atoms. The largest absolute Gasteiger partial charge is 0.405 e. The van der Waals surface area contributed by atoms with Gasteiger partial charge in [0.2, 0.25) is 5.91 Å². The lowest BCUT2D eigenvalue weighted by molar-refractivity contribution is -0.141. The van der Waals surface area contributed by atoms with Gasteiger partial charge < -0.3 is 5.32 Å². The summed E-state index contributed by atoms with van der Waals surface area (Å²) < 4.78 is 35.9. The first-order chi connectivity index (χ1) is 8.79. The number of hydrogen-bond acceptors (Lipinski definition) is 4. The lowest BCUT2D eigenvalue weighted by Crippen LogP contribution is -2.45. The summed E-state index contributed by atoms with van der Waals surface area (Å²) in [5, 5.41) is 1.85. The number of rotatable bonds is 5. The van der Waals surface area contributed by atoms with Crippen LogP contribution in [-0.2, 0) is 11.3 Å². The Bertz CT molecular complexity index is 410. The van der Waals surface area contributed by atoms with Crippen molar-refractivity contribution in [1.29, 1.82) is 0 Å². The van der Waals surface area contributed by atoms with Crippen molar-refractivity contribution in [2.45, 2.75) is 25.7 Å². The Kier molecular flexibility index (Phi) is 5.22. The van der Waals surface area contributed by atoms with Gasteiger partial charge in [-0.05, 0) is 14.0 Å². The molecule has 0 aromatic carbocycles. The van der Waals surface area contributed by atoms with Crippen LogP contribution in [0.25, 0.3) is 0 Å². The number of carbonyl (C=O) groups excluding carboxylic acids is 1. The van der Waals surface area contributed by atoms with Crippen molar-refractivity contribution in [1.82, 2.24) is 20.2 Å². The molecule has 0 radical (unpaired) electrons. The Balaban J connectivity index is 2.48. The predicted molar refractivity (Wildman–Crippen MR) is 62.0 cm³/mol. The summed E-state index contributed by atoms with van der Waals surface area (Å²) in [4.78, 5) is 21.0. The number of aromatic nitrogens is 2. The van der Waals surface area contributed by atoms with Crippen LogP contribution in [0.4, 0.5) is 13.2 Å². The van der Waals surface area contributed by atoms with Gasteiger partial charge in [0.05, 0.1) is 11.7 Å². The average molecular weight is 276 g/mol. The minimum Gasteiger partial charge on any atom is -0.346 e. The van der Waals surface area contributed by atoms with Crippen molar-refractivity contribution < 1.29 is 18.0 Å². The third kappa shape index (κ3) is 5.64. The van der Waals surface area contributed by atoms with E-state index in [0.29, 0.717) is 12.2 Å². The van der Waals surface area contributed by atoms with E-state index in [1.165, 1.54) is 25.5 Å². The fourth-order valence-electron chi connectivity index (χ4n) is 1.34. The first-order valence-electron chi connectivity index (χ1n) is 5.59. The zero-order valence-electron chi connectivity index (χ0n) is 10.6. The van der Waals surface area contributed by atoms with Crippen LogP contribution in [0.1, 0.15) is 12.6 Å². The Morgan fingerprint density at radius 1 is 1.47 bits per heavy atom. The second-order valence-corrected chi connectivity index (χ2v) is 4.12. The van der Waals surface area contributed by atoms with Gasteiger partial charge in [-0.25, -0.2) is 0 Å². The van der Waals surface area contributed by atoms with Gasteiger partial charge in [-0.2, -0.15) is 13.2 Å². The normalized spacial score (nSPS) is 13.4. The second-order valence-electron chi connectivity index (χ2n) is 4.12. The standard InChI is InChI=1S/C11H15F3N4O/c1-8(10(19)17-7-11(12,13)14)18(2)6-9-5-15-3-4-16-9/h3-5,8H,6-7H2,1-2H3,(H,17,19). The number of likely N-dealkylation sites (N-methyl/N-ethyl adjacent to an activating group) is 1. The van der Waals surface area contributed by atoms with Crippen LogP contribution in [0.3, 0.4) is 0 Å². The molecule has 5 nitrogen and oxygen atoms in total. The van der Waals surface area contributed by atoms with Crippen LogP contribution in [0.2, 0.25) is 0 Å². The molecule has 0 aliphatic rings. The molecule has 106 valence electrons. The van der Waals surface area contributed by atoms with E-state index in [4.69, 9.17) is 0 Å². The topological polar surface area (TPSA) is 58.1 Å². The summed E-state index contributed by atoms with van der Waals surface area (Å²) in [5.41, 5.74) is 0.639. The van der Waals surface area contributed by atoms with Crippen molar-refractivity contribution in [2.24, 2.45) is 0 Å². The zero-order valence-corrected chi connectivity index (χ0v) is 10.6. The Hall–Kier alpha value is -1.70. The molecule has 0 fully saturated rings. The van der Waals surface area contributed by atoms with E-state index in [2.05, 4.69) is 9.97 Å². The molecule has 8 heteroatoms. The van der Waals surface area contributed by atoms with Crippen molar-refractivity contribution in [3.05, 3.63) is 24.3 Å². The second kappa shape index (κ2) is 6.46. The van der Waals surface area contributed by atoms with Gasteiger partial charge in [-0.1, -0.05) is 0 Å². The molecule has 0 aliphatic carbocycles. The highest BCUT2D eigenvalue weighted by Gasteiger charge is 2.29. The molecule has 1 heterocycles. The number of alkyl halides is 3. The maximum Gasteiger partial charge on any atom is 0.405 e. The van der Waals surface area contributed by atoms with E-state index < -0.39 is 24.7 Å². The van der Waals surface area contributed by atoms with Gasteiger partial charge in [0.25, 0.3) is 0 Å². The molecule has 1 unspecified atom stereocenters. The summed E-state index contributed by atoms with van der Waals surface area (Å²) in [6, 6.07) is -0.690. The minimum atomic E-state index is -4.40. The molecule has 1 aromatic rings.